The number of aromatic nitrogens is 3. The lowest BCUT2D eigenvalue weighted by Crippen LogP contribution is -2.37. The minimum atomic E-state index is 0.564. The maximum absolute atomic E-state index is 5.97. The molecule has 2 aromatic rings. The molecule has 0 fully saturated rings. The highest BCUT2D eigenvalue weighted by atomic mass is 35.5. The van der Waals surface area contributed by atoms with Gasteiger partial charge in [-0.05, 0) is 24.6 Å². The van der Waals surface area contributed by atoms with Gasteiger partial charge < -0.3 is 10.6 Å². The Labute approximate surface area is 129 Å². The number of hydrogen-bond acceptors (Lipinski definition) is 3. The van der Waals surface area contributed by atoms with E-state index in [0.29, 0.717) is 13.1 Å². The van der Waals surface area contributed by atoms with Crippen LogP contribution in [0.15, 0.2) is 35.6 Å². The van der Waals surface area contributed by atoms with Crippen LogP contribution in [0.4, 0.5) is 0 Å². The summed E-state index contributed by atoms with van der Waals surface area (Å²) in [6.45, 7) is 3.95. The number of aliphatic imine (C=N–C) groups is 1. The fourth-order valence-corrected chi connectivity index (χ4v) is 2.00. The van der Waals surface area contributed by atoms with Gasteiger partial charge in [-0.25, -0.2) is 9.98 Å². The number of aryl methyl sites for hydroxylation is 1. The molecule has 1 aromatic carbocycles. The highest BCUT2D eigenvalue weighted by molar-refractivity contribution is 6.30. The van der Waals surface area contributed by atoms with E-state index in [1.54, 1.807) is 4.68 Å². The van der Waals surface area contributed by atoms with E-state index in [0.717, 1.165) is 28.9 Å². The fourth-order valence-electron chi connectivity index (χ4n) is 1.79. The van der Waals surface area contributed by atoms with Crippen molar-refractivity contribution in [3.63, 3.8) is 0 Å². The smallest absolute Gasteiger partial charge is 0.191 e. The minimum absolute atomic E-state index is 0.564. The maximum Gasteiger partial charge on any atom is 0.191 e. The lowest BCUT2D eigenvalue weighted by Gasteiger charge is -2.10. The zero-order chi connectivity index (χ0) is 15.1. The van der Waals surface area contributed by atoms with Crippen molar-refractivity contribution in [2.45, 2.75) is 20.0 Å². The summed E-state index contributed by atoms with van der Waals surface area (Å²) in [5, 5.41) is 11.2. The number of guanidine groups is 1. The second kappa shape index (κ2) is 7.64. The van der Waals surface area contributed by atoms with Gasteiger partial charge in [0.25, 0.3) is 0 Å². The molecule has 2 rings (SSSR count). The molecule has 0 radical (unpaired) electrons. The van der Waals surface area contributed by atoms with Gasteiger partial charge in [0.1, 0.15) is 12.2 Å². The van der Waals surface area contributed by atoms with Gasteiger partial charge in [0, 0.05) is 18.6 Å². The van der Waals surface area contributed by atoms with E-state index < -0.39 is 0 Å². The number of nitrogens with zero attached hydrogens (tertiary/aromatic N) is 4. The number of hydrogen-bond donors (Lipinski definition) is 2. The molecule has 0 unspecified atom stereocenters. The molecule has 0 amide bonds. The van der Waals surface area contributed by atoms with E-state index >= 15 is 0 Å². The van der Waals surface area contributed by atoms with Gasteiger partial charge >= 0.3 is 0 Å². The summed E-state index contributed by atoms with van der Waals surface area (Å²) in [5.41, 5.74) is 1.07. The molecule has 0 aliphatic heterocycles. The molecule has 0 saturated heterocycles. The summed E-state index contributed by atoms with van der Waals surface area (Å²) in [6, 6.07) is 7.69. The highest BCUT2D eigenvalue weighted by Gasteiger charge is 2.02. The number of benzene rings is 1. The van der Waals surface area contributed by atoms with E-state index in [-0.39, 0.29) is 0 Å². The highest BCUT2D eigenvalue weighted by Crippen LogP contribution is 2.11. The quantitative estimate of drug-likeness (QED) is 0.652. The molecule has 0 bridgehead atoms. The van der Waals surface area contributed by atoms with E-state index in [9.17, 15) is 0 Å². The third-order valence-electron chi connectivity index (χ3n) is 2.87. The standard InChI is InChI=1S/C14H19ClN6/c1-3-16-14(18-9-13-19-10-20-21(13)2)17-8-11-5-4-6-12(15)7-11/h4-7,10H,3,8-9H2,1-2H3,(H2,16,17,18). The molecule has 0 saturated carbocycles. The summed E-state index contributed by atoms with van der Waals surface area (Å²) in [6.07, 6.45) is 1.53. The molecular weight excluding hydrogens is 288 g/mol. The first-order valence-electron chi connectivity index (χ1n) is 6.78. The summed E-state index contributed by atoms with van der Waals surface area (Å²) < 4.78 is 1.73. The van der Waals surface area contributed by atoms with Crippen molar-refractivity contribution in [2.75, 3.05) is 6.54 Å². The number of rotatable bonds is 5. The number of halogens is 1. The van der Waals surface area contributed by atoms with Crippen molar-refractivity contribution in [1.82, 2.24) is 25.4 Å². The summed E-state index contributed by atoms with van der Waals surface area (Å²) in [7, 11) is 1.86. The van der Waals surface area contributed by atoms with Gasteiger partial charge in [-0.15, -0.1) is 0 Å². The average Bonchev–Trinajstić information content (AvgIpc) is 2.87. The van der Waals surface area contributed by atoms with Crippen LogP contribution >= 0.6 is 11.6 Å². The molecule has 1 heterocycles. The molecule has 1 aromatic heterocycles. The second-order valence-corrected chi connectivity index (χ2v) is 4.91. The summed E-state index contributed by atoms with van der Waals surface area (Å²) in [5.74, 6) is 1.59. The van der Waals surface area contributed by atoms with Crippen molar-refractivity contribution in [3.05, 3.63) is 47.0 Å². The lowest BCUT2D eigenvalue weighted by atomic mass is 10.2. The van der Waals surface area contributed by atoms with Gasteiger partial charge in [0.2, 0.25) is 0 Å². The van der Waals surface area contributed by atoms with Gasteiger partial charge in [0.15, 0.2) is 5.96 Å². The molecule has 0 atom stereocenters. The molecule has 112 valence electrons. The second-order valence-electron chi connectivity index (χ2n) is 4.48. The fraction of sp³-hybridized carbons (Fsp3) is 0.357. The van der Waals surface area contributed by atoms with Gasteiger partial charge in [0.05, 0.1) is 13.1 Å². The van der Waals surface area contributed by atoms with Crippen LogP contribution in [0, 0.1) is 0 Å². The first kappa shape index (κ1) is 15.3. The first-order chi connectivity index (χ1) is 10.2. The Balaban J connectivity index is 1.97. The van der Waals surface area contributed by atoms with Crippen molar-refractivity contribution in [1.29, 1.82) is 0 Å². The van der Waals surface area contributed by atoms with Crippen LogP contribution in [0.3, 0.4) is 0 Å². The zero-order valence-electron chi connectivity index (χ0n) is 12.2. The largest absolute Gasteiger partial charge is 0.357 e. The van der Waals surface area contributed by atoms with Crippen LogP contribution in [0.5, 0.6) is 0 Å². The SMILES string of the molecule is CCNC(=NCc1cccc(Cl)c1)NCc1ncnn1C. The maximum atomic E-state index is 5.97. The Kier molecular flexibility index (Phi) is 5.57. The Morgan fingerprint density at radius 1 is 1.38 bits per heavy atom. The molecule has 6 nitrogen and oxygen atoms in total. The molecule has 0 aliphatic carbocycles. The van der Waals surface area contributed by atoms with E-state index in [2.05, 4.69) is 25.7 Å². The zero-order valence-corrected chi connectivity index (χ0v) is 12.9. The molecule has 21 heavy (non-hydrogen) atoms. The van der Waals surface area contributed by atoms with E-state index in [1.807, 2.05) is 38.2 Å². The predicted octanol–water partition coefficient (Wildman–Crippen LogP) is 1.72. The molecule has 0 aliphatic rings. The number of nitrogens with one attached hydrogen (secondary N) is 2. The molecule has 7 heteroatoms. The van der Waals surface area contributed by atoms with Crippen LogP contribution in [0.25, 0.3) is 0 Å². The minimum Gasteiger partial charge on any atom is -0.357 e. The van der Waals surface area contributed by atoms with Crippen molar-refractivity contribution >= 4 is 17.6 Å². The Morgan fingerprint density at radius 2 is 2.24 bits per heavy atom. The van der Waals surface area contributed by atoms with E-state index in [4.69, 9.17) is 11.6 Å². The summed E-state index contributed by atoms with van der Waals surface area (Å²) >= 11 is 5.97. The average molecular weight is 307 g/mol. The van der Waals surface area contributed by atoms with E-state index in [1.165, 1.54) is 6.33 Å². The molecular formula is C14H19ClN6. The van der Waals surface area contributed by atoms with Crippen LogP contribution < -0.4 is 10.6 Å². The van der Waals surface area contributed by atoms with Crippen molar-refractivity contribution < 1.29 is 0 Å². The van der Waals surface area contributed by atoms with Crippen molar-refractivity contribution in [3.8, 4) is 0 Å². The van der Waals surface area contributed by atoms with Gasteiger partial charge in [-0.1, -0.05) is 23.7 Å². The third kappa shape index (κ3) is 4.75. The normalized spacial score (nSPS) is 11.5. The van der Waals surface area contributed by atoms with Crippen LogP contribution in [-0.4, -0.2) is 27.3 Å². The predicted molar refractivity (Wildman–Crippen MR) is 84.1 cm³/mol. The monoisotopic (exact) mass is 306 g/mol. The Morgan fingerprint density at radius 3 is 2.90 bits per heavy atom. The Bertz CT molecular complexity index is 607. The first-order valence-corrected chi connectivity index (χ1v) is 7.16. The third-order valence-corrected chi connectivity index (χ3v) is 3.11. The van der Waals surface area contributed by atoms with Crippen LogP contribution in [0.2, 0.25) is 5.02 Å². The van der Waals surface area contributed by atoms with Gasteiger partial charge in [-0.3, -0.25) is 4.68 Å². The van der Waals surface area contributed by atoms with Crippen molar-refractivity contribution in [2.24, 2.45) is 12.0 Å². The lowest BCUT2D eigenvalue weighted by molar-refractivity contribution is 0.673. The molecule has 0 spiro atoms. The van der Waals surface area contributed by atoms with Crippen LogP contribution in [0.1, 0.15) is 18.3 Å². The summed E-state index contributed by atoms with van der Waals surface area (Å²) in [4.78, 5) is 8.70. The van der Waals surface area contributed by atoms with Gasteiger partial charge in [-0.2, -0.15) is 5.10 Å². The topological polar surface area (TPSA) is 67.1 Å². The van der Waals surface area contributed by atoms with Crippen LogP contribution in [-0.2, 0) is 20.1 Å². The Hall–Kier alpha value is -2.08. The molecule has 2 N–H and O–H groups in total.